The van der Waals surface area contributed by atoms with E-state index in [0.717, 1.165) is 56.9 Å². The molecular weight excluding hydrogens is 298 g/mol. The number of carbonyl (C=O) groups excluding carboxylic acids is 1. The molecule has 2 fully saturated rings. The molecule has 5 nitrogen and oxygen atoms in total. The smallest absolute Gasteiger partial charge is 0.226 e. The lowest BCUT2D eigenvalue weighted by Crippen LogP contribution is -2.26. The number of ether oxygens (including phenoxy) is 1. The highest BCUT2D eigenvalue weighted by Crippen LogP contribution is 2.31. The molecule has 1 atom stereocenters. The summed E-state index contributed by atoms with van der Waals surface area (Å²) in [5.41, 5.74) is 0. The number of anilines is 1. The van der Waals surface area contributed by atoms with Gasteiger partial charge in [-0.15, -0.1) is 11.3 Å². The molecule has 0 aromatic carbocycles. The van der Waals surface area contributed by atoms with Crippen LogP contribution in [0, 0.1) is 0 Å². The Morgan fingerprint density at radius 3 is 3.00 bits per heavy atom. The molecule has 2 aliphatic rings. The quantitative estimate of drug-likeness (QED) is 0.874. The third-order valence-corrected chi connectivity index (χ3v) is 5.55. The topological polar surface area (TPSA) is 63.2 Å². The van der Waals surface area contributed by atoms with Crippen LogP contribution in [0.2, 0.25) is 0 Å². The summed E-state index contributed by atoms with van der Waals surface area (Å²) in [7, 11) is 0. The number of nitrogens with zero attached hydrogens (tertiary/aromatic N) is 1. The number of piperidine rings is 1. The summed E-state index contributed by atoms with van der Waals surface area (Å²) < 4.78 is 5.66. The average molecular weight is 323 g/mol. The van der Waals surface area contributed by atoms with E-state index in [1.807, 2.05) is 6.20 Å². The first-order valence-electron chi connectivity index (χ1n) is 8.39. The van der Waals surface area contributed by atoms with Gasteiger partial charge in [0.15, 0.2) is 5.13 Å². The first-order valence-corrected chi connectivity index (χ1v) is 9.21. The largest absolute Gasteiger partial charge is 0.378 e. The minimum Gasteiger partial charge on any atom is -0.378 e. The van der Waals surface area contributed by atoms with Crippen molar-refractivity contribution in [2.45, 2.75) is 57.0 Å². The number of nitrogens with one attached hydrogen (secondary N) is 2. The van der Waals surface area contributed by atoms with Gasteiger partial charge in [0.05, 0.1) is 6.10 Å². The molecule has 1 aromatic rings. The van der Waals surface area contributed by atoms with Gasteiger partial charge in [-0.1, -0.05) is 0 Å². The van der Waals surface area contributed by atoms with E-state index < -0.39 is 0 Å². The molecule has 1 unspecified atom stereocenters. The van der Waals surface area contributed by atoms with E-state index in [4.69, 9.17) is 4.74 Å². The highest BCUT2D eigenvalue weighted by molar-refractivity contribution is 7.15. The minimum atomic E-state index is 0.0559. The fourth-order valence-corrected chi connectivity index (χ4v) is 4.15. The van der Waals surface area contributed by atoms with Crippen molar-refractivity contribution >= 4 is 22.4 Å². The van der Waals surface area contributed by atoms with Crippen molar-refractivity contribution in [2.75, 3.05) is 25.0 Å². The highest BCUT2D eigenvalue weighted by Gasteiger charge is 2.19. The van der Waals surface area contributed by atoms with Crippen molar-refractivity contribution in [3.05, 3.63) is 11.1 Å². The van der Waals surface area contributed by atoms with Crippen molar-refractivity contribution in [1.29, 1.82) is 0 Å². The number of hydrogen-bond acceptors (Lipinski definition) is 5. The molecule has 22 heavy (non-hydrogen) atoms. The Hall–Kier alpha value is -0.980. The molecule has 2 aliphatic heterocycles. The Morgan fingerprint density at radius 1 is 1.36 bits per heavy atom. The maximum atomic E-state index is 12.0. The van der Waals surface area contributed by atoms with Crippen molar-refractivity contribution in [1.82, 2.24) is 10.3 Å². The zero-order valence-electron chi connectivity index (χ0n) is 13.0. The van der Waals surface area contributed by atoms with E-state index in [2.05, 4.69) is 15.6 Å². The number of hydrogen-bond donors (Lipinski definition) is 2. The molecule has 1 aromatic heterocycles. The van der Waals surface area contributed by atoms with Gasteiger partial charge in [-0.3, -0.25) is 4.79 Å². The van der Waals surface area contributed by atoms with E-state index in [-0.39, 0.29) is 12.0 Å². The highest BCUT2D eigenvalue weighted by atomic mass is 32.1. The second kappa shape index (κ2) is 8.04. The molecule has 0 saturated carbocycles. The van der Waals surface area contributed by atoms with Gasteiger partial charge < -0.3 is 15.4 Å². The lowest BCUT2D eigenvalue weighted by molar-refractivity contribution is -0.117. The predicted octanol–water partition coefficient (Wildman–Crippen LogP) is 2.90. The summed E-state index contributed by atoms with van der Waals surface area (Å²) in [5, 5.41) is 7.05. The third-order valence-electron chi connectivity index (χ3n) is 4.48. The Balaban J connectivity index is 1.43. The summed E-state index contributed by atoms with van der Waals surface area (Å²) in [5.74, 6) is 0.653. The molecule has 3 rings (SSSR count). The van der Waals surface area contributed by atoms with Gasteiger partial charge in [0.1, 0.15) is 0 Å². The molecule has 6 heteroatoms. The van der Waals surface area contributed by atoms with E-state index in [1.54, 1.807) is 11.3 Å². The molecule has 3 heterocycles. The fraction of sp³-hybridized carbons (Fsp3) is 0.750. The SMILES string of the molecule is O=C(CCC1CCCCO1)Nc1ncc(C2CCNCC2)s1. The molecular formula is C16H25N3O2S. The number of carbonyl (C=O) groups is 1. The van der Waals surface area contributed by atoms with Gasteiger partial charge in [0.2, 0.25) is 5.91 Å². The normalized spacial score (nSPS) is 23.4. The molecule has 122 valence electrons. The van der Waals surface area contributed by atoms with Crippen LogP contribution in [0.3, 0.4) is 0 Å². The number of rotatable bonds is 5. The minimum absolute atomic E-state index is 0.0559. The van der Waals surface area contributed by atoms with Crippen LogP contribution >= 0.6 is 11.3 Å². The Morgan fingerprint density at radius 2 is 2.23 bits per heavy atom. The zero-order chi connectivity index (χ0) is 15.2. The van der Waals surface area contributed by atoms with Crippen LogP contribution in [0.1, 0.15) is 55.7 Å². The van der Waals surface area contributed by atoms with Crippen LogP contribution < -0.4 is 10.6 Å². The van der Waals surface area contributed by atoms with Crippen LogP contribution in [0.25, 0.3) is 0 Å². The lowest BCUT2D eigenvalue weighted by atomic mass is 9.97. The first-order chi connectivity index (χ1) is 10.8. The van der Waals surface area contributed by atoms with Crippen molar-refractivity contribution in [3.63, 3.8) is 0 Å². The Bertz CT molecular complexity index is 479. The van der Waals surface area contributed by atoms with Crippen LogP contribution in [0.15, 0.2) is 6.20 Å². The molecule has 2 N–H and O–H groups in total. The van der Waals surface area contributed by atoms with Crippen LogP contribution in [-0.2, 0) is 9.53 Å². The van der Waals surface area contributed by atoms with Gasteiger partial charge in [-0.2, -0.15) is 0 Å². The van der Waals surface area contributed by atoms with Crippen molar-refractivity contribution in [2.24, 2.45) is 0 Å². The standard InChI is InChI=1S/C16H25N3O2S/c20-15(5-4-13-3-1-2-10-21-13)19-16-18-11-14(22-16)12-6-8-17-9-7-12/h11-13,17H,1-10H2,(H,18,19,20). The van der Waals surface area contributed by atoms with Gasteiger partial charge in [-0.05, 0) is 57.5 Å². The van der Waals surface area contributed by atoms with Gasteiger partial charge in [-0.25, -0.2) is 4.98 Å². The third kappa shape index (κ3) is 4.51. The average Bonchev–Trinajstić information content (AvgIpc) is 3.03. The van der Waals surface area contributed by atoms with Crippen molar-refractivity contribution < 1.29 is 9.53 Å². The lowest BCUT2D eigenvalue weighted by Gasteiger charge is -2.22. The fourth-order valence-electron chi connectivity index (χ4n) is 3.15. The molecule has 0 bridgehead atoms. The zero-order valence-corrected chi connectivity index (χ0v) is 13.8. The van der Waals surface area contributed by atoms with E-state index in [9.17, 15) is 4.79 Å². The monoisotopic (exact) mass is 323 g/mol. The molecule has 1 amide bonds. The predicted molar refractivity (Wildman–Crippen MR) is 88.4 cm³/mol. The molecule has 0 radical (unpaired) electrons. The Labute approximate surface area is 135 Å². The number of amides is 1. The second-order valence-corrected chi connectivity index (χ2v) is 7.23. The summed E-state index contributed by atoms with van der Waals surface area (Å²) in [6, 6.07) is 0. The van der Waals surface area contributed by atoms with Crippen LogP contribution in [-0.4, -0.2) is 36.7 Å². The maximum absolute atomic E-state index is 12.0. The van der Waals surface area contributed by atoms with Crippen LogP contribution in [0.5, 0.6) is 0 Å². The molecule has 0 aliphatic carbocycles. The van der Waals surface area contributed by atoms with Gasteiger partial charge in [0, 0.05) is 24.1 Å². The van der Waals surface area contributed by atoms with E-state index in [0.29, 0.717) is 12.3 Å². The molecule has 2 saturated heterocycles. The second-order valence-electron chi connectivity index (χ2n) is 6.17. The van der Waals surface area contributed by atoms with E-state index >= 15 is 0 Å². The maximum Gasteiger partial charge on any atom is 0.226 e. The van der Waals surface area contributed by atoms with E-state index in [1.165, 1.54) is 11.3 Å². The van der Waals surface area contributed by atoms with Gasteiger partial charge >= 0.3 is 0 Å². The first kappa shape index (κ1) is 15.9. The summed E-state index contributed by atoms with van der Waals surface area (Å²) >= 11 is 1.63. The summed E-state index contributed by atoms with van der Waals surface area (Å²) in [4.78, 5) is 17.7. The van der Waals surface area contributed by atoms with Crippen LogP contribution in [0.4, 0.5) is 5.13 Å². The number of aromatic nitrogens is 1. The number of thiazole rings is 1. The van der Waals surface area contributed by atoms with Gasteiger partial charge in [0.25, 0.3) is 0 Å². The summed E-state index contributed by atoms with van der Waals surface area (Å²) in [6.45, 7) is 3.00. The summed E-state index contributed by atoms with van der Waals surface area (Å²) in [6.07, 6.45) is 9.32. The molecule has 0 spiro atoms. The van der Waals surface area contributed by atoms with Crippen molar-refractivity contribution in [3.8, 4) is 0 Å². The Kier molecular flexibility index (Phi) is 5.81.